The smallest absolute Gasteiger partial charge is 0.261 e. The molecule has 4 aliphatic heterocycles. The monoisotopic (exact) mass is 483 g/mol. The second-order valence-electron chi connectivity index (χ2n) is 9.20. The predicted molar refractivity (Wildman–Crippen MR) is 138 cm³/mol. The third kappa shape index (κ3) is 4.50. The van der Waals surface area contributed by atoms with Crippen molar-refractivity contribution in [3.05, 3.63) is 53.4 Å². The van der Waals surface area contributed by atoms with E-state index in [1.165, 1.54) is 47.4 Å². The molecule has 4 aliphatic rings. The Morgan fingerprint density at radius 1 is 1.00 bits per heavy atom. The molecule has 2 bridgehead atoms. The molecular formula is C26H30ClN3O2S. The van der Waals surface area contributed by atoms with Crippen LogP contribution in [0, 0.1) is 5.92 Å². The summed E-state index contributed by atoms with van der Waals surface area (Å²) in [4.78, 5) is 18.8. The molecule has 174 valence electrons. The molecule has 1 aromatic heterocycles. The standard InChI is InChI=1S/C26H29N3O2S.ClH/c30-26(27-23-17-28-10-8-19(23)9-11-28)24-16-20-2-1-3-22(25(20)32-24)18-4-6-21(7-5-18)29-12-14-31-15-13-29;/h1-7,16,19,23H,8-15,17H2,(H,27,30);1H/t23-;/m1./s1. The van der Waals surface area contributed by atoms with Gasteiger partial charge in [0.25, 0.3) is 5.91 Å². The summed E-state index contributed by atoms with van der Waals surface area (Å²) < 4.78 is 6.66. The third-order valence-corrected chi connectivity index (χ3v) is 8.48. The van der Waals surface area contributed by atoms with Crippen molar-refractivity contribution in [2.24, 2.45) is 5.92 Å². The van der Waals surface area contributed by atoms with Crippen molar-refractivity contribution in [3.63, 3.8) is 0 Å². The molecule has 0 radical (unpaired) electrons. The molecule has 5 nitrogen and oxygen atoms in total. The minimum absolute atomic E-state index is 0. The van der Waals surface area contributed by atoms with Gasteiger partial charge in [-0.25, -0.2) is 0 Å². The number of hydrogen-bond acceptors (Lipinski definition) is 5. The van der Waals surface area contributed by atoms with E-state index in [0.29, 0.717) is 12.0 Å². The molecule has 33 heavy (non-hydrogen) atoms. The molecule has 0 aliphatic carbocycles. The van der Waals surface area contributed by atoms with Crippen molar-refractivity contribution in [3.8, 4) is 11.1 Å². The summed E-state index contributed by atoms with van der Waals surface area (Å²) >= 11 is 1.62. The van der Waals surface area contributed by atoms with E-state index < -0.39 is 0 Å². The first-order chi connectivity index (χ1) is 15.7. The zero-order chi connectivity index (χ0) is 21.5. The number of amides is 1. The third-order valence-electron chi connectivity index (χ3n) is 7.30. The number of morpholine rings is 1. The Kier molecular flexibility index (Phi) is 6.61. The topological polar surface area (TPSA) is 44.8 Å². The largest absolute Gasteiger partial charge is 0.378 e. The van der Waals surface area contributed by atoms with Crippen LogP contribution in [0.1, 0.15) is 22.5 Å². The van der Waals surface area contributed by atoms with Crippen molar-refractivity contribution in [1.82, 2.24) is 10.2 Å². The molecule has 2 aromatic carbocycles. The number of hydrogen-bond donors (Lipinski definition) is 1. The minimum Gasteiger partial charge on any atom is -0.378 e. The number of anilines is 1. The number of piperidine rings is 3. The Morgan fingerprint density at radius 3 is 2.45 bits per heavy atom. The number of ether oxygens (including phenoxy) is 1. The van der Waals surface area contributed by atoms with Crippen LogP contribution < -0.4 is 10.2 Å². The lowest BCUT2D eigenvalue weighted by molar-refractivity contribution is 0.0622. The zero-order valence-electron chi connectivity index (χ0n) is 18.7. The summed E-state index contributed by atoms with van der Waals surface area (Å²) in [5, 5.41) is 4.49. The Balaban J connectivity index is 0.00000228. The quantitative estimate of drug-likeness (QED) is 0.586. The fourth-order valence-electron chi connectivity index (χ4n) is 5.44. The molecule has 3 aromatic rings. The maximum Gasteiger partial charge on any atom is 0.261 e. The van der Waals surface area contributed by atoms with Gasteiger partial charge in [0.2, 0.25) is 0 Å². The number of thiophene rings is 1. The number of carbonyl (C=O) groups excluding carboxylic acids is 1. The Bertz CT molecular complexity index is 1120. The van der Waals surface area contributed by atoms with Gasteiger partial charge in [-0.15, -0.1) is 23.7 Å². The fraction of sp³-hybridized carbons (Fsp3) is 0.423. The molecule has 4 fully saturated rings. The summed E-state index contributed by atoms with van der Waals surface area (Å²) in [7, 11) is 0. The van der Waals surface area contributed by atoms with E-state index in [-0.39, 0.29) is 18.3 Å². The molecule has 0 saturated carbocycles. The first-order valence-electron chi connectivity index (χ1n) is 11.7. The van der Waals surface area contributed by atoms with E-state index in [1.807, 2.05) is 0 Å². The molecule has 7 heteroatoms. The van der Waals surface area contributed by atoms with Crippen LogP contribution in [0.3, 0.4) is 0 Å². The highest BCUT2D eigenvalue weighted by atomic mass is 35.5. The molecule has 0 spiro atoms. The lowest BCUT2D eigenvalue weighted by atomic mass is 9.84. The molecule has 0 unspecified atom stereocenters. The van der Waals surface area contributed by atoms with Crippen LogP contribution in [0.15, 0.2) is 48.5 Å². The molecule has 4 saturated heterocycles. The number of halogens is 1. The summed E-state index contributed by atoms with van der Waals surface area (Å²) in [6.45, 7) is 6.85. The van der Waals surface area contributed by atoms with Gasteiger partial charge in [-0.05, 0) is 66.6 Å². The Hall–Kier alpha value is -2.12. The molecule has 1 amide bonds. The van der Waals surface area contributed by atoms with Gasteiger partial charge in [-0.2, -0.15) is 0 Å². The molecule has 5 heterocycles. The van der Waals surface area contributed by atoms with Crippen LogP contribution in [0.2, 0.25) is 0 Å². The van der Waals surface area contributed by atoms with Gasteiger partial charge in [-0.3, -0.25) is 4.79 Å². The minimum atomic E-state index is 0. The van der Waals surface area contributed by atoms with E-state index in [2.05, 4.69) is 63.6 Å². The average molecular weight is 484 g/mol. The molecule has 7 rings (SSSR count). The number of nitrogens with zero attached hydrogens (tertiary/aromatic N) is 2. The van der Waals surface area contributed by atoms with Crippen LogP contribution in [0.5, 0.6) is 0 Å². The van der Waals surface area contributed by atoms with Crippen LogP contribution in [-0.4, -0.2) is 62.8 Å². The molecule has 1 atom stereocenters. The number of carbonyl (C=O) groups is 1. The highest BCUT2D eigenvalue weighted by Crippen LogP contribution is 2.36. The van der Waals surface area contributed by atoms with Gasteiger partial charge in [0.15, 0.2) is 0 Å². The van der Waals surface area contributed by atoms with E-state index in [1.54, 1.807) is 11.3 Å². The Morgan fingerprint density at radius 2 is 1.76 bits per heavy atom. The zero-order valence-corrected chi connectivity index (χ0v) is 20.3. The van der Waals surface area contributed by atoms with E-state index in [9.17, 15) is 4.79 Å². The first kappa shape index (κ1) is 22.7. The summed E-state index contributed by atoms with van der Waals surface area (Å²) in [6, 6.07) is 17.5. The van der Waals surface area contributed by atoms with Crippen LogP contribution in [0.25, 0.3) is 21.2 Å². The van der Waals surface area contributed by atoms with E-state index >= 15 is 0 Å². The van der Waals surface area contributed by atoms with Gasteiger partial charge in [0, 0.05) is 36.1 Å². The predicted octanol–water partition coefficient (Wildman–Crippen LogP) is 4.65. The highest BCUT2D eigenvalue weighted by molar-refractivity contribution is 7.21. The van der Waals surface area contributed by atoms with Crippen molar-refractivity contribution >= 4 is 45.4 Å². The number of fused-ring (bicyclic) bond motifs is 4. The lowest BCUT2D eigenvalue weighted by Crippen LogP contribution is -2.57. The van der Waals surface area contributed by atoms with Crippen LogP contribution in [-0.2, 0) is 4.74 Å². The summed E-state index contributed by atoms with van der Waals surface area (Å²) in [6.07, 6.45) is 2.42. The number of rotatable bonds is 4. The van der Waals surface area contributed by atoms with Gasteiger partial charge >= 0.3 is 0 Å². The van der Waals surface area contributed by atoms with E-state index in [0.717, 1.165) is 43.1 Å². The maximum absolute atomic E-state index is 13.1. The second kappa shape index (κ2) is 9.63. The fourth-order valence-corrected chi connectivity index (χ4v) is 6.54. The number of benzene rings is 2. The van der Waals surface area contributed by atoms with Crippen LogP contribution >= 0.6 is 23.7 Å². The van der Waals surface area contributed by atoms with Crippen molar-refractivity contribution in [2.75, 3.05) is 50.8 Å². The highest BCUT2D eigenvalue weighted by Gasteiger charge is 2.35. The SMILES string of the molecule is Cl.O=C(N[C@@H]1CN2CCC1CC2)c1cc2cccc(-c3ccc(N4CCOCC4)cc3)c2s1. The molecule has 1 N–H and O–H groups in total. The lowest BCUT2D eigenvalue weighted by Gasteiger charge is -2.44. The second-order valence-corrected chi connectivity index (χ2v) is 10.3. The van der Waals surface area contributed by atoms with Gasteiger partial charge in [-0.1, -0.05) is 30.3 Å². The number of nitrogens with one attached hydrogen (secondary N) is 1. The van der Waals surface area contributed by atoms with Crippen molar-refractivity contribution in [1.29, 1.82) is 0 Å². The maximum atomic E-state index is 13.1. The van der Waals surface area contributed by atoms with E-state index in [4.69, 9.17) is 4.74 Å². The van der Waals surface area contributed by atoms with Gasteiger partial charge in [0.05, 0.1) is 18.1 Å². The summed E-state index contributed by atoms with van der Waals surface area (Å²) in [5.41, 5.74) is 3.63. The first-order valence-corrected chi connectivity index (χ1v) is 12.6. The normalized spacial score (nSPS) is 24.5. The van der Waals surface area contributed by atoms with Crippen molar-refractivity contribution in [2.45, 2.75) is 18.9 Å². The van der Waals surface area contributed by atoms with Gasteiger partial charge in [0.1, 0.15) is 0 Å². The summed E-state index contributed by atoms with van der Waals surface area (Å²) in [5.74, 6) is 0.720. The molecular weight excluding hydrogens is 454 g/mol. The van der Waals surface area contributed by atoms with Crippen molar-refractivity contribution < 1.29 is 9.53 Å². The van der Waals surface area contributed by atoms with Crippen LogP contribution in [0.4, 0.5) is 5.69 Å². The Labute approximate surface area is 205 Å². The van der Waals surface area contributed by atoms with Gasteiger partial charge < -0.3 is 19.9 Å². The average Bonchev–Trinajstić information content (AvgIpc) is 3.30.